The summed E-state index contributed by atoms with van der Waals surface area (Å²) in [5.41, 5.74) is 1.21. The maximum atomic E-state index is 5.16. The molecular weight excluding hydrogens is 224 g/mol. The van der Waals surface area contributed by atoms with Gasteiger partial charge in [0.1, 0.15) is 6.10 Å². The summed E-state index contributed by atoms with van der Waals surface area (Å²) in [6, 6.07) is 10.2. The molecule has 0 saturated carbocycles. The van der Waals surface area contributed by atoms with Gasteiger partial charge in [-0.05, 0) is 18.4 Å². The van der Waals surface area contributed by atoms with E-state index in [-0.39, 0.29) is 6.10 Å². The van der Waals surface area contributed by atoms with Crippen LogP contribution in [-0.2, 0) is 9.78 Å². The van der Waals surface area contributed by atoms with E-state index in [0.717, 1.165) is 19.4 Å². The van der Waals surface area contributed by atoms with Crippen molar-refractivity contribution in [2.24, 2.45) is 0 Å². The van der Waals surface area contributed by atoms with Crippen LogP contribution in [0.5, 0.6) is 0 Å². The van der Waals surface area contributed by atoms with Crippen LogP contribution in [0.15, 0.2) is 30.3 Å². The maximum Gasteiger partial charge on any atom is 0.118 e. The van der Waals surface area contributed by atoms with Crippen molar-refractivity contribution >= 4 is 0 Å². The van der Waals surface area contributed by atoms with Crippen molar-refractivity contribution < 1.29 is 9.78 Å². The molecule has 0 spiro atoms. The van der Waals surface area contributed by atoms with Crippen LogP contribution in [0.2, 0.25) is 0 Å². The summed E-state index contributed by atoms with van der Waals surface area (Å²) < 4.78 is 0. The van der Waals surface area contributed by atoms with E-state index >= 15 is 0 Å². The molecule has 0 aliphatic carbocycles. The third-order valence-corrected chi connectivity index (χ3v) is 3.01. The van der Waals surface area contributed by atoms with Crippen molar-refractivity contribution in [3.8, 4) is 0 Å². The number of unbranched alkanes of at least 4 members (excludes halogenated alkanes) is 3. The Balaban J connectivity index is 0.000000232. The minimum Gasteiger partial charge on any atom is -0.236 e. The number of hydrogen-bond acceptors (Lipinski definition) is 2. The molecule has 1 saturated heterocycles. The van der Waals surface area contributed by atoms with Gasteiger partial charge in [-0.15, -0.1) is 0 Å². The standard InChI is InChI=1S/C10H12O2.C6H14/c1-2-5-9(6-3-1)10-7-4-8-11-12-10;1-3-5-6-4-2/h1-3,5-6,10H,4,7-8H2;3-6H2,1-2H3. The molecule has 1 aliphatic heterocycles. The van der Waals surface area contributed by atoms with E-state index in [0.29, 0.717) is 0 Å². The molecule has 2 nitrogen and oxygen atoms in total. The van der Waals surface area contributed by atoms with Crippen molar-refractivity contribution in [1.29, 1.82) is 0 Å². The fraction of sp³-hybridized carbons (Fsp3) is 0.625. The minimum atomic E-state index is 0.139. The summed E-state index contributed by atoms with van der Waals surface area (Å²) in [5, 5.41) is 0. The highest BCUT2D eigenvalue weighted by molar-refractivity contribution is 5.17. The second-order valence-corrected chi connectivity index (χ2v) is 4.67. The van der Waals surface area contributed by atoms with Crippen molar-refractivity contribution in [2.75, 3.05) is 6.61 Å². The summed E-state index contributed by atoms with van der Waals surface area (Å²) >= 11 is 0. The van der Waals surface area contributed by atoms with Gasteiger partial charge in [-0.3, -0.25) is 0 Å². The molecular formula is C16H26O2. The van der Waals surface area contributed by atoms with Gasteiger partial charge in [-0.25, -0.2) is 9.78 Å². The highest BCUT2D eigenvalue weighted by Gasteiger charge is 2.16. The lowest BCUT2D eigenvalue weighted by Gasteiger charge is -2.21. The van der Waals surface area contributed by atoms with E-state index in [4.69, 9.17) is 9.78 Å². The second kappa shape index (κ2) is 10.1. The molecule has 1 fully saturated rings. The zero-order chi connectivity index (χ0) is 13.1. The van der Waals surface area contributed by atoms with Gasteiger partial charge in [0, 0.05) is 0 Å². The Bertz CT molecular complexity index is 274. The molecule has 1 heterocycles. The zero-order valence-corrected chi connectivity index (χ0v) is 11.7. The fourth-order valence-electron chi connectivity index (χ4n) is 1.90. The highest BCUT2D eigenvalue weighted by atomic mass is 17.2. The maximum absolute atomic E-state index is 5.16. The van der Waals surface area contributed by atoms with Gasteiger partial charge in [0.05, 0.1) is 6.61 Å². The van der Waals surface area contributed by atoms with E-state index in [1.807, 2.05) is 18.2 Å². The van der Waals surface area contributed by atoms with Crippen LogP contribution in [0.1, 0.15) is 64.0 Å². The van der Waals surface area contributed by atoms with Crippen LogP contribution in [0.25, 0.3) is 0 Å². The van der Waals surface area contributed by atoms with Gasteiger partial charge < -0.3 is 0 Å². The number of rotatable bonds is 4. The molecule has 2 rings (SSSR count). The summed E-state index contributed by atoms with van der Waals surface area (Å²) in [5.74, 6) is 0. The predicted molar refractivity (Wildman–Crippen MR) is 75.3 cm³/mol. The fourth-order valence-corrected chi connectivity index (χ4v) is 1.90. The molecule has 102 valence electrons. The molecule has 0 radical (unpaired) electrons. The predicted octanol–water partition coefficient (Wildman–Crippen LogP) is 5.06. The molecule has 1 unspecified atom stereocenters. The number of hydrogen-bond donors (Lipinski definition) is 0. The van der Waals surface area contributed by atoms with Crippen LogP contribution in [0, 0.1) is 0 Å². The van der Waals surface area contributed by atoms with Gasteiger partial charge in [0.15, 0.2) is 0 Å². The Morgan fingerprint density at radius 3 is 2.22 bits per heavy atom. The Morgan fingerprint density at radius 2 is 1.72 bits per heavy atom. The minimum absolute atomic E-state index is 0.139. The van der Waals surface area contributed by atoms with Crippen LogP contribution >= 0.6 is 0 Å². The van der Waals surface area contributed by atoms with Gasteiger partial charge >= 0.3 is 0 Å². The van der Waals surface area contributed by atoms with Crippen molar-refractivity contribution in [1.82, 2.24) is 0 Å². The van der Waals surface area contributed by atoms with Gasteiger partial charge in [-0.1, -0.05) is 69.9 Å². The first-order chi connectivity index (χ1) is 8.88. The quantitative estimate of drug-likeness (QED) is 0.549. The lowest BCUT2D eigenvalue weighted by atomic mass is 10.1. The first-order valence-corrected chi connectivity index (χ1v) is 7.21. The Kier molecular flexibility index (Phi) is 8.53. The van der Waals surface area contributed by atoms with E-state index in [1.165, 1.54) is 31.2 Å². The molecule has 2 heteroatoms. The van der Waals surface area contributed by atoms with Gasteiger partial charge in [-0.2, -0.15) is 0 Å². The Morgan fingerprint density at radius 1 is 1.06 bits per heavy atom. The smallest absolute Gasteiger partial charge is 0.118 e. The molecule has 0 aromatic heterocycles. The van der Waals surface area contributed by atoms with Crippen molar-refractivity contribution in [3.63, 3.8) is 0 Å². The van der Waals surface area contributed by atoms with Crippen LogP contribution in [0.3, 0.4) is 0 Å². The second-order valence-electron chi connectivity index (χ2n) is 4.67. The van der Waals surface area contributed by atoms with Crippen LogP contribution in [-0.4, -0.2) is 6.61 Å². The SMILES string of the molecule is CCCCCC.c1ccc(C2CCCOO2)cc1. The molecule has 1 aromatic rings. The molecule has 1 atom stereocenters. The molecule has 1 aromatic carbocycles. The lowest BCUT2D eigenvalue weighted by Crippen LogP contribution is -2.12. The normalized spacial score (nSPS) is 18.9. The zero-order valence-electron chi connectivity index (χ0n) is 11.7. The largest absolute Gasteiger partial charge is 0.236 e. The van der Waals surface area contributed by atoms with Gasteiger partial charge in [0.25, 0.3) is 0 Å². The average Bonchev–Trinajstić information content (AvgIpc) is 2.48. The summed E-state index contributed by atoms with van der Waals surface area (Å²) in [7, 11) is 0. The molecule has 1 aliphatic rings. The first kappa shape index (κ1) is 15.2. The number of benzene rings is 1. The summed E-state index contributed by atoms with van der Waals surface area (Å²) in [4.78, 5) is 10.1. The van der Waals surface area contributed by atoms with Crippen LogP contribution in [0.4, 0.5) is 0 Å². The molecule has 0 bridgehead atoms. The summed E-state index contributed by atoms with van der Waals surface area (Å²) in [6.45, 7) is 5.19. The van der Waals surface area contributed by atoms with E-state index in [9.17, 15) is 0 Å². The van der Waals surface area contributed by atoms with Crippen molar-refractivity contribution in [3.05, 3.63) is 35.9 Å². The Hall–Kier alpha value is -0.860. The monoisotopic (exact) mass is 250 g/mol. The molecule has 18 heavy (non-hydrogen) atoms. The topological polar surface area (TPSA) is 18.5 Å². The lowest BCUT2D eigenvalue weighted by molar-refractivity contribution is -0.348. The molecule has 0 amide bonds. The third-order valence-electron chi connectivity index (χ3n) is 3.01. The van der Waals surface area contributed by atoms with E-state index < -0.39 is 0 Å². The van der Waals surface area contributed by atoms with Gasteiger partial charge in [0.2, 0.25) is 0 Å². The van der Waals surface area contributed by atoms with E-state index in [2.05, 4.69) is 26.0 Å². The third kappa shape index (κ3) is 6.18. The summed E-state index contributed by atoms with van der Waals surface area (Å²) in [6.07, 6.45) is 7.82. The first-order valence-electron chi connectivity index (χ1n) is 7.21. The Labute approximate surface area is 111 Å². The molecule has 0 N–H and O–H groups in total. The van der Waals surface area contributed by atoms with Crippen molar-refractivity contribution in [2.45, 2.75) is 58.5 Å². The van der Waals surface area contributed by atoms with Crippen LogP contribution < -0.4 is 0 Å². The highest BCUT2D eigenvalue weighted by Crippen LogP contribution is 2.25. The van der Waals surface area contributed by atoms with E-state index in [1.54, 1.807) is 0 Å². The average molecular weight is 250 g/mol.